The summed E-state index contributed by atoms with van der Waals surface area (Å²) in [6, 6.07) is 3.28. The van der Waals surface area contributed by atoms with E-state index in [1.807, 2.05) is 0 Å². The van der Waals surface area contributed by atoms with E-state index in [2.05, 4.69) is 0 Å². The molecule has 0 unspecified atom stereocenters. The molecule has 0 radical (unpaired) electrons. The van der Waals surface area contributed by atoms with Crippen molar-refractivity contribution >= 4 is 11.6 Å². The van der Waals surface area contributed by atoms with Gasteiger partial charge in [-0.15, -0.1) is 0 Å². The van der Waals surface area contributed by atoms with Crippen molar-refractivity contribution in [3.63, 3.8) is 0 Å². The van der Waals surface area contributed by atoms with Gasteiger partial charge in [-0.25, -0.2) is 8.78 Å². The van der Waals surface area contributed by atoms with Crippen LogP contribution >= 0.6 is 0 Å². The number of hydrogen-bond donors (Lipinski definition) is 1. The van der Waals surface area contributed by atoms with Gasteiger partial charge in [0.25, 0.3) is 18.0 Å². The van der Waals surface area contributed by atoms with Crippen LogP contribution in [0, 0.1) is 10.1 Å². The van der Waals surface area contributed by atoms with Crippen LogP contribution in [0.4, 0.5) is 14.5 Å². The summed E-state index contributed by atoms with van der Waals surface area (Å²) in [5.74, 6) is -0.922. The lowest BCUT2D eigenvalue weighted by molar-refractivity contribution is -0.384. The molecule has 1 heterocycles. The Bertz CT molecular complexity index is 597. The van der Waals surface area contributed by atoms with E-state index in [0.717, 1.165) is 12.1 Å². The first-order valence-electron chi connectivity index (χ1n) is 7.15. The standard InChI is InChI=1S/C14H17F2N3O4/c15-13(16)9-17-4-1-5-18(7-6-17)14(21)11-3-2-10(19(22)23)8-12(11)20/h2-3,8,13,20H,1,4-7,9H2. The lowest BCUT2D eigenvalue weighted by Gasteiger charge is -2.22. The number of non-ortho nitro benzene ring substituents is 1. The number of carbonyl (C=O) groups excluding carboxylic acids is 1. The van der Waals surface area contributed by atoms with Gasteiger partial charge in [0.2, 0.25) is 0 Å². The molecule has 9 heteroatoms. The molecular weight excluding hydrogens is 312 g/mol. The summed E-state index contributed by atoms with van der Waals surface area (Å²) in [4.78, 5) is 25.4. The fraction of sp³-hybridized carbons (Fsp3) is 0.500. The number of phenols is 1. The number of nitrogens with zero attached hydrogens (tertiary/aromatic N) is 3. The van der Waals surface area contributed by atoms with Gasteiger partial charge in [-0.1, -0.05) is 0 Å². The zero-order valence-electron chi connectivity index (χ0n) is 12.3. The van der Waals surface area contributed by atoms with Crippen molar-refractivity contribution in [3.8, 4) is 5.75 Å². The van der Waals surface area contributed by atoms with Crippen molar-refractivity contribution in [2.24, 2.45) is 0 Å². The van der Waals surface area contributed by atoms with Gasteiger partial charge in [0, 0.05) is 32.2 Å². The highest BCUT2D eigenvalue weighted by molar-refractivity contribution is 5.97. The quantitative estimate of drug-likeness (QED) is 0.671. The maximum Gasteiger partial charge on any atom is 0.273 e. The molecule has 1 aromatic rings. The Morgan fingerprint density at radius 3 is 2.65 bits per heavy atom. The zero-order chi connectivity index (χ0) is 17.0. The summed E-state index contributed by atoms with van der Waals surface area (Å²) in [6.07, 6.45) is -1.87. The van der Waals surface area contributed by atoms with Crippen molar-refractivity contribution in [2.75, 3.05) is 32.7 Å². The molecule has 0 aromatic heterocycles. The van der Waals surface area contributed by atoms with E-state index in [9.17, 15) is 28.8 Å². The van der Waals surface area contributed by atoms with Crippen LogP contribution in [0.1, 0.15) is 16.8 Å². The Morgan fingerprint density at radius 2 is 2.04 bits per heavy atom. The smallest absolute Gasteiger partial charge is 0.273 e. The van der Waals surface area contributed by atoms with Crippen LogP contribution in [0.25, 0.3) is 0 Å². The van der Waals surface area contributed by atoms with Crippen molar-refractivity contribution in [2.45, 2.75) is 12.8 Å². The first-order valence-corrected chi connectivity index (χ1v) is 7.15. The molecule has 0 spiro atoms. The third kappa shape index (κ3) is 4.35. The van der Waals surface area contributed by atoms with Crippen LogP contribution in [0.5, 0.6) is 5.75 Å². The van der Waals surface area contributed by atoms with E-state index in [1.54, 1.807) is 4.90 Å². The number of benzene rings is 1. The molecule has 1 saturated heterocycles. The van der Waals surface area contributed by atoms with Gasteiger partial charge >= 0.3 is 0 Å². The molecule has 1 fully saturated rings. The number of nitro groups is 1. The van der Waals surface area contributed by atoms with Gasteiger partial charge in [-0.05, 0) is 12.5 Å². The van der Waals surface area contributed by atoms with Crippen LogP contribution in [0.2, 0.25) is 0 Å². The first-order chi connectivity index (χ1) is 10.9. The first kappa shape index (κ1) is 17.1. The van der Waals surface area contributed by atoms with Crippen molar-refractivity contribution in [1.82, 2.24) is 9.80 Å². The third-order valence-corrected chi connectivity index (χ3v) is 3.69. The van der Waals surface area contributed by atoms with Crippen LogP contribution in [-0.4, -0.2) is 64.9 Å². The summed E-state index contributed by atoms with van der Waals surface area (Å²) in [6.45, 7) is 1.12. The molecule has 0 aliphatic carbocycles. The zero-order valence-corrected chi connectivity index (χ0v) is 12.3. The topological polar surface area (TPSA) is 86.9 Å². The number of nitro benzene ring substituents is 1. The minimum Gasteiger partial charge on any atom is -0.507 e. The molecule has 1 aliphatic heterocycles. The molecule has 0 bridgehead atoms. The Labute approximate surface area is 131 Å². The number of aromatic hydroxyl groups is 1. The predicted molar refractivity (Wildman–Crippen MR) is 77.7 cm³/mol. The summed E-state index contributed by atoms with van der Waals surface area (Å²) in [5.41, 5.74) is -0.337. The van der Waals surface area contributed by atoms with Crippen molar-refractivity contribution in [1.29, 1.82) is 0 Å². The van der Waals surface area contributed by atoms with E-state index < -0.39 is 23.0 Å². The van der Waals surface area contributed by atoms with Crippen molar-refractivity contribution < 1.29 is 23.6 Å². The molecule has 0 atom stereocenters. The number of hydrogen-bond acceptors (Lipinski definition) is 5. The van der Waals surface area contributed by atoms with E-state index in [4.69, 9.17) is 0 Å². The van der Waals surface area contributed by atoms with Crippen LogP contribution in [-0.2, 0) is 0 Å². The second-order valence-electron chi connectivity index (χ2n) is 5.30. The van der Waals surface area contributed by atoms with Gasteiger partial charge in [0.05, 0.1) is 23.1 Å². The maximum absolute atomic E-state index is 12.4. The molecule has 7 nitrogen and oxygen atoms in total. The molecule has 2 rings (SSSR count). The predicted octanol–water partition coefficient (Wildman–Crippen LogP) is 1.71. The van der Waals surface area contributed by atoms with Gasteiger partial charge < -0.3 is 10.0 Å². The minimum atomic E-state index is -2.42. The molecule has 23 heavy (non-hydrogen) atoms. The lowest BCUT2D eigenvalue weighted by atomic mass is 10.1. The fourth-order valence-electron chi connectivity index (χ4n) is 2.54. The van der Waals surface area contributed by atoms with Crippen molar-refractivity contribution in [3.05, 3.63) is 33.9 Å². The van der Waals surface area contributed by atoms with E-state index in [0.29, 0.717) is 26.1 Å². The molecule has 1 aromatic carbocycles. The summed E-state index contributed by atoms with van der Waals surface area (Å²) in [5, 5.41) is 20.5. The average Bonchev–Trinajstić information content (AvgIpc) is 2.71. The highest BCUT2D eigenvalue weighted by Gasteiger charge is 2.24. The van der Waals surface area contributed by atoms with E-state index in [1.165, 1.54) is 11.0 Å². The van der Waals surface area contributed by atoms with E-state index >= 15 is 0 Å². The van der Waals surface area contributed by atoms with Gasteiger partial charge in [0.15, 0.2) is 0 Å². The Hall–Kier alpha value is -2.29. The largest absolute Gasteiger partial charge is 0.507 e. The second kappa shape index (κ2) is 7.32. The monoisotopic (exact) mass is 329 g/mol. The number of halogens is 2. The second-order valence-corrected chi connectivity index (χ2v) is 5.30. The third-order valence-electron chi connectivity index (χ3n) is 3.69. The Morgan fingerprint density at radius 1 is 1.30 bits per heavy atom. The fourth-order valence-corrected chi connectivity index (χ4v) is 2.54. The number of alkyl halides is 2. The van der Waals surface area contributed by atoms with Crippen LogP contribution < -0.4 is 0 Å². The molecule has 1 aliphatic rings. The highest BCUT2D eigenvalue weighted by atomic mass is 19.3. The molecule has 126 valence electrons. The van der Waals surface area contributed by atoms with Gasteiger partial charge in [-0.3, -0.25) is 19.8 Å². The molecular formula is C14H17F2N3O4. The number of phenolic OH excluding ortho intramolecular Hbond substituents is 1. The number of amides is 1. The molecule has 1 N–H and O–H groups in total. The summed E-state index contributed by atoms with van der Waals surface area (Å²) >= 11 is 0. The summed E-state index contributed by atoms with van der Waals surface area (Å²) < 4.78 is 24.8. The maximum atomic E-state index is 12.4. The average molecular weight is 329 g/mol. The van der Waals surface area contributed by atoms with E-state index in [-0.39, 0.29) is 24.3 Å². The lowest BCUT2D eigenvalue weighted by Crippen LogP contribution is -2.36. The SMILES string of the molecule is O=C(c1ccc([N+](=O)[O-])cc1O)N1CCCN(CC(F)F)CC1. The Kier molecular flexibility index (Phi) is 5.43. The number of rotatable bonds is 4. The van der Waals surface area contributed by atoms with Gasteiger partial charge in [0.1, 0.15) is 5.75 Å². The van der Waals surface area contributed by atoms with Gasteiger partial charge in [-0.2, -0.15) is 0 Å². The Balaban J connectivity index is 2.07. The highest BCUT2D eigenvalue weighted by Crippen LogP contribution is 2.25. The number of carbonyl (C=O) groups is 1. The normalized spacial score (nSPS) is 16.4. The minimum absolute atomic E-state index is 0.0297. The summed E-state index contributed by atoms with van der Waals surface area (Å²) in [7, 11) is 0. The van der Waals surface area contributed by atoms with Crippen LogP contribution in [0.3, 0.4) is 0 Å². The molecule has 0 saturated carbocycles. The van der Waals surface area contributed by atoms with Crippen LogP contribution in [0.15, 0.2) is 18.2 Å². The molecule has 1 amide bonds.